The van der Waals surface area contributed by atoms with Gasteiger partial charge in [-0.05, 0) is 49.4 Å². The third kappa shape index (κ3) is 3.74. The number of ether oxygens (including phenoxy) is 1. The van der Waals surface area contributed by atoms with Gasteiger partial charge in [-0.2, -0.15) is 0 Å². The lowest BCUT2D eigenvalue weighted by Gasteiger charge is -2.10. The van der Waals surface area contributed by atoms with Gasteiger partial charge in [0.1, 0.15) is 10.6 Å². The van der Waals surface area contributed by atoms with Crippen molar-refractivity contribution >= 4 is 50.7 Å². The summed E-state index contributed by atoms with van der Waals surface area (Å²) in [6.45, 7) is 0.205. The highest BCUT2D eigenvalue weighted by molar-refractivity contribution is 7.18. The Morgan fingerprint density at radius 3 is 2.89 bits per heavy atom. The summed E-state index contributed by atoms with van der Waals surface area (Å²) in [5, 5.41) is 1.44. The van der Waals surface area contributed by atoms with Crippen molar-refractivity contribution in [3.8, 4) is 5.75 Å². The summed E-state index contributed by atoms with van der Waals surface area (Å²) >= 11 is 13.5. The molecule has 0 spiro atoms. The molecule has 0 N–H and O–H groups in total. The quantitative estimate of drug-likeness (QED) is 0.453. The number of fused-ring (bicyclic) bond motifs is 3. The van der Waals surface area contributed by atoms with E-state index in [0.29, 0.717) is 10.4 Å². The van der Waals surface area contributed by atoms with Gasteiger partial charge in [0.25, 0.3) is 5.56 Å². The number of aryl methyl sites for hydroxylation is 3. The van der Waals surface area contributed by atoms with Crippen LogP contribution in [0, 0.1) is 0 Å². The highest BCUT2D eigenvalue weighted by Crippen LogP contribution is 2.33. The Morgan fingerprint density at radius 1 is 1.26 bits per heavy atom. The first-order chi connectivity index (χ1) is 13.0. The van der Waals surface area contributed by atoms with Gasteiger partial charge in [0, 0.05) is 16.4 Å². The predicted octanol–water partition coefficient (Wildman–Crippen LogP) is 4.64. The number of nitrogens with zero attached hydrogens (tertiary/aromatic N) is 2. The molecule has 5 nitrogen and oxygen atoms in total. The monoisotopic (exact) mass is 422 g/mol. The largest absolute Gasteiger partial charge is 0.425 e. The average molecular weight is 423 g/mol. The van der Waals surface area contributed by atoms with Gasteiger partial charge in [0.2, 0.25) is 0 Å². The van der Waals surface area contributed by atoms with Crippen LogP contribution >= 0.6 is 34.5 Å². The minimum absolute atomic E-state index is 0.0401. The van der Waals surface area contributed by atoms with Crippen LogP contribution < -0.4 is 10.3 Å². The van der Waals surface area contributed by atoms with E-state index in [1.807, 2.05) is 0 Å². The lowest BCUT2D eigenvalue weighted by Crippen LogP contribution is -2.23. The SMILES string of the molecule is O=C(CCn1cnc2sc3c(c2c1=O)CCCC3)Oc1ccc(Cl)cc1Cl. The fourth-order valence-electron chi connectivity index (χ4n) is 3.28. The predicted molar refractivity (Wildman–Crippen MR) is 107 cm³/mol. The Bertz CT molecular complexity index is 1090. The van der Waals surface area contributed by atoms with Gasteiger partial charge in [0.15, 0.2) is 0 Å². The summed E-state index contributed by atoms with van der Waals surface area (Å²) in [5.41, 5.74) is 1.06. The first-order valence-corrected chi connectivity index (χ1v) is 10.3. The molecule has 0 atom stereocenters. The van der Waals surface area contributed by atoms with Gasteiger partial charge in [-0.1, -0.05) is 23.2 Å². The maximum Gasteiger partial charge on any atom is 0.313 e. The summed E-state index contributed by atoms with van der Waals surface area (Å²) in [7, 11) is 0. The fraction of sp³-hybridized carbons (Fsp3) is 0.316. The van der Waals surface area contributed by atoms with E-state index < -0.39 is 5.97 Å². The molecule has 0 amide bonds. The van der Waals surface area contributed by atoms with Crippen LogP contribution in [-0.4, -0.2) is 15.5 Å². The molecule has 2 aromatic heterocycles. The Labute approximate surface area is 169 Å². The molecule has 1 aliphatic carbocycles. The van der Waals surface area contributed by atoms with E-state index in [1.54, 1.807) is 23.5 Å². The highest BCUT2D eigenvalue weighted by Gasteiger charge is 2.20. The smallest absolute Gasteiger partial charge is 0.313 e. The van der Waals surface area contributed by atoms with Crippen LogP contribution in [0.25, 0.3) is 10.2 Å². The van der Waals surface area contributed by atoms with Gasteiger partial charge in [-0.25, -0.2) is 4.98 Å². The van der Waals surface area contributed by atoms with Crippen molar-refractivity contribution in [2.75, 3.05) is 0 Å². The second kappa shape index (κ2) is 7.62. The number of aromatic nitrogens is 2. The zero-order chi connectivity index (χ0) is 19.0. The molecule has 4 rings (SSSR count). The molecule has 0 aliphatic heterocycles. The van der Waals surface area contributed by atoms with Crippen LogP contribution in [0.3, 0.4) is 0 Å². The number of rotatable bonds is 4. The molecule has 0 unspecified atom stereocenters. The van der Waals surface area contributed by atoms with Gasteiger partial charge < -0.3 is 4.74 Å². The maximum absolute atomic E-state index is 12.9. The minimum Gasteiger partial charge on any atom is -0.425 e. The third-order valence-electron chi connectivity index (χ3n) is 4.62. The molecule has 0 fully saturated rings. The number of thiophene rings is 1. The zero-order valence-electron chi connectivity index (χ0n) is 14.3. The summed E-state index contributed by atoms with van der Waals surface area (Å²) in [5.74, 6) is -0.225. The van der Waals surface area contributed by atoms with Crippen molar-refractivity contribution in [3.63, 3.8) is 0 Å². The van der Waals surface area contributed by atoms with Crippen molar-refractivity contribution in [1.29, 1.82) is 0 Å². The number of halogens is 2. The molecule has 1 aliphatic rings. The summed E-state index contributed by atoms with van der Waals surface area (Å²) in [6.07, 6.45) is 5.75. The number of benzene rings is 1. The standard InChI is InChI=1S/C19H16Cl2N2O3S/c20-11-5-6-14(13(21)9-11)26-16(24)7-8-23-10-22-18-17(19(23)25)12-3-1-2-4-15(12)27-18/h5-6,9-10H,1-4,7-8H2. The van der Waals surface area contributed by atoms with Crippen LogP contribution in [0.4, 0.5) is 0 Å². The number of esters is 1. The van der Waals surface area contributed by atoms with Gasteiger partial charge in [0.05, 0.1) is 23.2 Å². The molecule has 0 saturated carbocycles. The lowest BCUT2D eigenvalue weighted by molar-refractivity contribution is -0.134. The molecule has 27 heavy (non-hydrogen) atoms. The van der Waals surface area contributed by atoms with E-state index in [2.05, 4.69) is 4.98 Å². The van der Waals surface area contributed by atoms with Crippen LogP contribution in [0.15, 0.2) is 29.3 Å². The number of hydrogen-bond acceptors (Lipinski definition) is 5. The molecule has 0 radical (unpaired) electrons. The molecular formula is C19H16Cl2N2O3S. The van der Waals surface area contributed by atoms with Gasteiger partial charge in [-0.15, -0.1) is 11.3 Å². The van der Waals surface area contributed by atoms with E-state index in [1.165, 1.54) is 21.8 Å². The van der Waals surface area contributed by atoms with Crippen molar-refractivity contribution in [3.05, 3.63) is 55.4 Å². The summed E-state index contributed by atoms with van der Waals surface area (Å²) < 4.78 is 6.74. The number of carbonyl (C=O) groups is 1. The second-order valence-electron chi connectivity index (χ2n) is 6.43. The average Bonchev–Trinajstić information content (AvgIpc) is 3.03. The zero-order valence-corrected chi connectivity index (χ0v) is 16.7. The Hall–Kier alpha value is -1.89. The van der Waals surface area contributed by atoms with Gasteiger partial charge >= 0.3 is 5.97 Å². The van der Waals surface area contributed by atoms with Crippen LogP contribution in [0.2, 0.25) is 10.0 Å². The Balaban J connectivity index is 1.51. The molecule has 1 aromatic carbocycles. The van der Waals surface area contributed by atoms with E-state index in [0.717, 1.165) is 36.1 Å². The molecule has 8 heteroatoms. The molecule has 2 heterocycles. The Kier molecular flexibility index (Phi) is 5.21. The second-order valence-corrected chi connectivity index (χ2v) is 8.36. The first kappa shape index (κ1) is 18.5. The highest BCUT2D eigenvalue weighted by atomic mass is 35.5. The van der Waals surface area contributed by atoms with Crippen LogP contribution in [0.5, 0.6) is 5.75 Å². The van der Waals surface area contributed by atoms with Crippen molar-refractivity contribution < 1.29 is 9.53 Å². The topological polar surface area (TPSA) is 61.2 Å². The molecule has 0 bridgehead atoms. The lowest BCUT2D eigenvalue weighted by atomic mass is 9.97. The van der Waals surface area contributed by atoms with Crippen LogP contribution in [-0.2, 0) is 24.2 Å². The molecule has 0 saturated heterocycles. The number of carbonyl (C=O) groups excluding carboxylic acids is 1. The van der Waals surface area contributed by atoms with Crippen molar-refractivity contribution in [2.24, 2.45) is 0 Å². The Morgan fingerprint density at radius 2 is 2.07 bits per heavy atom. The third-order valence-corrected chi connectivity index (χ3v) is 6.35. The minimum atomic E-state index is -0.474. The normalized spacial score (nSPS) is 13.6. The molecule has 140 valence electrons. The molecule has 3 aromatic rings. The van der Waals surface area contributed by atoms with Crippen LogP contribution in [0.1, 0.15) is 29.7 Å². The fourth-order valence-corrected chi connectivity index (χ4v) is 4.95. The van der Waals surface area contributed by atoms with E-state index in [-0.39, 0.29) is 29.3 Å². The number of hydrogen-bond donors (Lipinski definition) is 0. The van der Waals surface area contributed by atoms with Crippen molar-refractivity contribution in [2.45, 2.75) is 38.6 Å². The van der Waals surface area contributed by atoms with E-state index in [9.17, 15) is 9.59 Å². The maximum atomic E-state index is 12.9. The first-order valence-electron chi connectivity index (χ1n) is 8.68. The van der Waals surface area contributed by atoms with E-state index in [4.69, 9.17) is 27.9 Å². The van der Waals surface area contributed by atoms with Crippen molar-refractivity contribution in [1.82, 2.24) is 9.55 Å². The summed E-state index contributed by atoms with van der Waals surface area (Å²) in [6, 6.07) is 4.64. The van der Waals surface area contributed by atoms with Gasteiger partial charge in [-0.3, -0.25) is 14.2 Å². The summed E-state index contributed by atoms with van der Waals surface area (Å²) in [4.78, 5) is 31.5. The van der Waals surface area contributed by atoms with E-state index >= 15 is 0 Å². The molecular weight excluding hydrogens is 407 g/mol.